The van der Waals surface area contributed by atoms with E-state index in [0.717, 1.165) is 11.1 Å². The molecule has 0 aliphatic carbocycles. The number of carbonyl (C=O) groups excluding carboxylic acids is 2. The van der Waals surface area contributed by atoms with Gasteiger partial charge in [0.2, 0.25) is 17.6 Å². The second-order valence-electron chi connectivity index (χ2n) is 5.94. The second kappa shape index (κ2) is 7.43. The molecule has 0 spiro atoms. The minimum absolute atomic E-state index is 0.0126. The number of nitrogens with one attached hydrogen (secondary N) is 1. The zero-order valence-electron chi connectivity index (χ0n) is 14.2. The molecular formula is C17H20N4O4. The molecule has 8 heteroatoms. The first-order valence-electron chi connectivity index (χ1n) is 8.05. The van der Waals surface area contributed by atoms with Crippen LogP contribution in [0.1, 0.15) is 17.9 Å². The van der Waals surface area contributed by atoms with E-state index in [9.17, 15) is 9.59 Å². The summed E-state index contributed by atoms with van der Waals surface area (Å²) in [7, 11) is 1.30. The zero-order valence-corrected chi connectivity index (χ0v) is 14.2. The normalized spacial score (nSPS) is 18.0. The number of piperazine rings is 1. The highest BCUT2D eigenvalue weighted by atomic mass is 16.5. The van der Waals surface area contributed by atoms with Crippen LogP contribution in [0.2, 0.25) is 0 Å². The number of rotatable bonds is 5. The van der Waals surface area contributed by atoms with Gasteiger partial charge in [-0.25, -0.2) is 0 Å². The van der Waals surface area contributed by atoms with Gasteiger partial charge in [0.25, 0.3) is 0 Å². The summed E-state index contributed by atoms with van der Waals surface area (Å²) in [5.74, 6) is 0.272. The Morgan fingerprint density at radius 1 is 1.40 bits per heavy atom. The maximum Gasteiger partial charge on any atom is 0.307 e. The monoisotopic (exact) mass is 344 g/mol. The third-order valence-corrected chi connectivity index (χ3v) is 4.15. The van der Waals surface area contributed by atoms with Gasteiger partial charge in [0.05, 0.1) is 20.1 Å². The molecule has 2 heterocycles. The Morgan fingerprint density at radius 3 is 2.88 bits per heavy atom. The number of aryl methyl sites for hydroxylation is 1. The predicted molar refractivity (Wildman–Crippen MR) is 88.3 cm³/mol. The summed E-state index contributed by atoms with van der Waals surface area (Å²) < 4.78 is 9.99. The molecule has 0 saturated carbocycles. The Labute approximate surface area is 145 Å². The largest absolute Gasteiger partial charge is 0.469 e. The maximum absolute atomic E-state index is 12.1. The van der Waals surface area contributed by atoms with Crippen molar-refractivity contribution in [3.63, 3.8) is 0 Å². The van der Waals surface area contributed by atoms with Crippen molar-refractivity contribution < 1.29 is 18.8 Å². The highest BCUT2D eigenvalue weighted by Crippen LogP contribution is 2.18. The Hall–Kier alpha value is -2.74. The number of benzene rings is 1. The summed E-state index contributed by atoms with van der Waals surface area (Å²) in [6.45, 7) is 3.41. The van der Waals surface area contributed by atoms with Crippen LogP contribution < -0.4 is 5.32 Å². The first kappa shape index (κ1) is 17.1. The van der Waals surface area contributed by atoms with Crippen LogP contribution in [0.15, 0.2) is 28.8 Å². The summed E-state index contributed by atoms with van der Waals surface area (Å²) >= 11 is 0. The molecular weight excluding hydrogens is 324 g/mol. The molecule has 2 aromatic rings. The molecule has 1 amide bonds. The first-order valence-corrected chi connectivity index (χ1v) is 8.05. The van der Waals surface area contributed by atoms with Crippen molar-refractivity contribution in [2.45, 2.75) is 25.9 Å². The highest BCUT2D eigenvalue weighted by Gasteiger charge is 2.33. The molecule has 1 saturated heterocycles. The molecule has 25 heavy (non-hydrogen) atoms. The number of methoxy groups -OCH3 is 1. The number of amides is 1. The smallest absolute Gasteiger partial charge is 0.307 e. The van der Waals surface area contributed by atoms with Gasteiger partial charge in [-0.1, -0.05) is 35.0 Å². The lowest BCUT2D eigenvalue weighted by molar-refractivity contribution is -0.146. The van der Waals surface area contributed by atoms with Crippen molar-refractivity contribution in [2.24, 2.45) is 0 Å². The molecule has 1 fully saturated rings. The van der Waals surface area contributed by atoms with Crippen LogP contribution in [0, 0.1) is 6.92 Å². The highest BCUT2D eigenvalue weighted by molar-refractivity contribution is 5.87. The predicted octanol–water partition coefficient (Wildman–Crippen LogP) is 0.909. The first-order chi connectivity index (χ1) is 12.1. The van der Waals surface area contributed by atoms with E-state index in [1.165, 1.54) is 7.11 Å². The molecule has 1 aromatic heterocycles. The number of aromatic nitrogens is 2. The quantitative estimate of drug-likeness (QED) is 0.805. The average molecular weight is 344 g/mol. The Bertz CT molecular complexity index is 756. The summed E-state index contributed by atoms with van der Waals surface area (Å²) in [5, 5.41) is 6.76. The molecule has 0 unspecified atom stereocenters. The molecule has 0 radical (unpaired) electrons. The minimum atomic E-state index is -0.601. The van der Waals surface area contributed by atoms with Crippen LogP contribution in [-0.4, -0.2) is 53.2 Å². The second-order valence-corrected chi connectivity index (χ2v) is 5.94. The fourth-order valence-electron chi connectivity index (χ4n) is 2.73. The Balaban J connectivity index is 1.73. The average Bonchev–Trinajstić information content (AvgIpc) is 3.07. The summed E-state index contributed by atoms with van der Waals surface area (Å²) in [6, 6.07) is 7.21. The lowest BCUT2D eigenvalue weighted by atomic mass is 10.1. The van der Waals surface area contributed by atoms with E-state index in [2.05, 4.69) is 20.2 Å². The molecule has 8 nitrogen and oxygen atoms in total. The fraction of sp³-hybridized carbons (Fsp3) is 0.412. The lowest BCUT2D eigenvalue weighted by Gasteiger charge is -2.33. The van der Waals surface area contributed by atoms with Gasteiger partial charge in [-0.3, -0.25) is 14.5 Å². The third-order valence-electron chi connectivity index (χ3n) is 4.15. The van der Waals surface area contributed by atoms with Gasteiger partial charge in [0.15, 0.2) is 0 Å². The van der Waals surface area contributed by atoms with Crippen LogP contribution >= 0.6 is 0 Å². The van der Waals surface area contributed by atoms with E-state index in [0.29, 0.717) is 31.3 Å². The van der Waals surface area contributed by atoms with Gasteiger partial charge in [0, 0.05) is 18.7 Å². The van der Waals surface area contributed by atoms with Crippen LogP contribution in [0.25, 0.3) is 11.4 Å². The van der Waals surface area contributed by atoms with E-state index in [-0.39, 0.29) is 12.3 Å². The van der Waals surface area contributed by atoms with Crippen molar-refractivity contribution in [3.05, 3.63) is 35.7 Å². The minimum Gasteiger partial charge on any atom is -0.469 e. The molecule has 132 valence electrons. The van der Waals surface area contributed by atoms with E-state index >= 15 is 0 Å². The van der Waals surface area contributed by atoms with Crippen LogP contribution in [0.3, 0.4) is 0 Å². The number of hydrogen-bond donors (Lipinski definition) is 1. The molecule has 0 bridgehead atoms. The molecule has 1 N–H and O–H groups in total. The number of hydrogen-bond acceptors (Lipinski definition) is 7. The molecule has 1 aromatic carbocycles. The number of ether oxygens (including phenoxy) is 1. The molecule has 1 aliphatic rings. The third kappa shape index (κ3) is 4.03. The van der Waals surface area contributed by atoms with Gasteiger partial charge in [-0.05, 0) is 6.92 Å². The standard InChI is InChI=1S/C17H20N4O4/c1-11-3-5-12(6-4-11)16-19-14(25-20-16)10-21-8-7-18-17(23)13(21)9-15(22)24-2/h3-6,13H,7-10H2,1-2H3,(H,18,23)/t13-/m1/s1. The topological polar surface area (TPSA) is 97.6 Å². The SMILES string of the molecule is COC(=O)C[C@@H]1C(=O)NCCN1Cc1nc(-c2ccc(C)cc2)no1. The summed E-state index contributed by atoms with van der Waals surface area (Å²) in [6.07, 6.45) is -0.0126. The van der Waals surface area contributed by atoms with Crippen molar-refractivity contribution >= 4 is 11.9 Å². The molecule has 1 atom stereocenters. The van der Waals surface area contributed by atoms with Crippen molar-refractivity contribution in [3.8, 4) is 11.4 Å². The number of nitrogens with zero attached hydrogens (tertiary/aromatic N) is 3. The Morgan fingerprint density at radius 2 is 2.16 bits per heavy atom. The van der Waals surface area contributed by atoms with Gasteiger partial charge in [-0.2, -0.15) is 4.98 Å². The van der Waals surface area contributed by atoms with Crippen LogP contribution in [0.5, 0.6) is 0 Å². The fourth-order valence-corrected chi connectivity index (χ4v) is 2.73. The van der Waals surface area contributed by atoms with Crippen molar-refractivity contribution in [1.82, 2.24) is 20.4 Å². The number of carbonyl (C=O) groups is 2. The van der Waals surface area contributed by atoms with Gasteiger partial charge in [-0.15, -0.1) is 0 Å². The van der Waals surface area contributed by atoms with Gasteiger partial charge >= 0.3 is 5.97 Å². The summed E-state index contributed by atoms with van der Waals surface area (Å²) in [5.41, 5.74) is 2.01. The molecule has 3 rings (SSSR count). The number of esters is 1. The Kier molecular flexibility index (Phi) is 5.08. The van der Waals surface area contributed by atoms with Crippen molar-refractivity contribution in [1.29, 1.82) is 0 Å². The zero-order chi connectivity index (χ0) is 17.8. The lowest BCUT2D eigenvalue weighted by Crippen LogP contribution is -2.55. The van der Waals surface area contributed by atoms with E-state index in [1.807, 2.05) is 36.1 Å². The molecule has 1 aliphatic heterocycles. The summed E-state index contributed by atoms with van der Waals surface area (Å²) in [4.78, 5) is 29.9. The van der Waals surface area contributed by atoms with Crippen LogP contribution in [-0.2, 0) is 20.9 Å². The maximum atomic E-state index is 12.1. The van der Waals surface area contributed by atoms with Gasteiger partial charge < -0.3 is 14.6 Å². The van der Waals surface area contributed by atoms with Crippen molar-refractivity contribution in [2.75, 3.05) is 20.2 Å². The van der Waals surface area contributed by atoms with E-state index < -0.39 is 12.0 Å². The van der Waals surface area contributed by atoms with E-state index in [1.54, 1.807) is 0 Å². The van der Waals surface area contributed by atoms with E-state index in [4.69, 9.17) is 4.52 Å². The van der Waals surface area contributed by atoms with Gasteiger partial charge in [0.1, 0.15) is 6.04 Å². The van der Waals surface area contributed by atoms with Crippen LogP contribution in [0.4, 0.5) is 0 Å².